The van der Waals surface area contributed by atoms with E-state index in [1.54, 1.807) is 0 Å². The third kappa shape index (κ3) is 7.16. The average molecular weight is 398 g/mol. The maximum absolute atomic E-state index is 2.18. The van der Waals surface area contributed by atoms with Crippen molar-refractivity contribution >= 4 is 32.4 Å². The smallest absolute Gasteiger partial charge is 0.0633 e. The van der Waals surface area contributed by atoms with Gasteiger partial charge in [0.1, 0.15) is 0 Å². The summed E-state index contributed by atoms with van der Waals surface area (Å²) in [5, 5.41) is 0. The molecule has 124 valence electrons. The molecule has 0 heterocycles. The van der Waals surface area contributed by atoms with E-state index in [0.717, 1.165) is 0 Å². The average Bonchev–Trinajstić information content (AvgIpc) is 3.01. The van der Waals surface area contributed by atoms with Gasteiger partial charge in [0.25, 0.3) is 0 Å². The molecular weight excluding hydrogens is 375 g/mol. The van der Waals surface area contributed by atoms with Crippen LogP contribution in [0.25, 0.3) is 22.3 Å². The van der Waals surface area contributed by atoms with Crippen molar-refractivity contribution < 1.29 is 19.2 Å². The summed E-state index contributed by atoms with van der Waals surface area (Å²) >= 11 is 2.03. The Morgan fingerprint density at radius 3 is 1.65 bits per heavy atom. The van der Waals surface area contributed by atoms with Crippen LogP contribution in [0, 0.1) is 14.9 Å². The fourth-order valence-corrected chi connectivity index (χ4v) is 2.16. The van der Waals surface area contributed by atoms with Crippen molar-refractivity contribution in [3.63, 3.8) is 0 Å². The van der Waals surface area contributed by atoms with Gasteiger partial charge in [0.2, 0.25) is 0 Å². The first-order valence-electron chi connectivity index (χ1n) is 6.17. The number of hydrogen-bond acceptors (Lipinski definition) is 0. The summed E-state index contributed by atoms with van der Waals surface area (Å²) in [4.78, 5) is 0. The molecule has 0 atom stereocenters. The predicted molar refractivity (Wildman–Crippen MR) is 109 cm³/mol. The van der Waals surface area contributed by atoms with Crippen LogP contribution in [0.15, 0.2) is 78.9 Å². The van der Waals surface area contributed by atoms with Gasteiger partial charge in [-0.2, -0.15) is 0 Å². The molecule has 0 nitrogen and oxygen atoms in total. The predicted octanol–water partition coefficient (Wildman–Crippen LogP) is 5.56. The number of rotatable bonds is 2. The molecular formula is C19H23Cl2SiTi-3. The zero-order valence-electron chi connectivity index (χ0n) is 13.5. The summed E-state index contributed by atoms with van der Waals surface area (Å²) in [5.74, 6) is 0. The third-order valence-electron chi connectivity index (χ3n) is 2.99. The molecule has 0 bridgehead atoms. The summed E-state index contributed by atoms with van der Waals surface area (Å²) in [6.45, 7) is 0. The summed E-state index contributed by atoms with van der Waals surface area (Å²) in [5.41, 5.74) is 5.15. The van der Waals surface area contributed by atoms with Crippen molar-refractivity contribution in [3.05, 3.63) is 93.7 Å². The van der Waals surface area contributed by atoms with E-state index < -0.39 is 0 Å². The van der Waals surface area contributed by atoms with E-state index in [4.69, 9.17) is 0 Å². The van der Waals surface area contributed by atoms with E-state index in [2.05, 4.69) is 78.9 Å². The molecule has 0 spiro atoms. The van der Waals surface area contributed by atoms with Crippen LogP contribution in [0.4, 0.5) is 0 Å². The second-order valence-corrected chi connectivity index (χ2v) is 4.09. The Morgan fingerprint density at radius 1 is 0.652 bits per heavy atom. The molecule has 0 aromatic heterocycles. The second-order valence-electron chi connectivity index (χ2n) is 4.09. The molecule has 0 amide bonds. The number of halogens is 2. The first-order chi connectivity index (χ1) is 9.45. The van der Waals surface area contributed by atoms with Gasteiger partial charge in [0.15, 0.2) is 0 Å². The Hall–Kier alpha value is -0.699. The summed E-state index contributed by atoms with van der Waals surface area (Å²) < 4.78 is 0. The van der Waals surface area contributed by atoms with Crippen LogP contribution in [-0.2, 0) is 19.2 Å². The van der Waals surface area contributed by atoms with Gasteiger partial charge in [-0.3, -0.25) is 0 Å². The van der Waals surface area contributed by atoms with E-state index >= 15 is 0 Å². The molecule has 0 saturated carbocycles. The molecule has 4 heteroatoms. The molecule has 0 aliphatic carbocycles. The molecule has 0 aliphatic rings. The minimum atomic E-state index is 0. The Morgan fingerprint density at radius 2 is 1.13 bits per heavy atom. The van der Waals surface area contributed by atoms with Crippen molar-refractivity contribution in [1.29, 1.82) is 0 Å². The van der Waals surface area contributed by atoms with Gasteiger partial charge in [0.05, 0.1) is 0 Å². The van der Waals surface area contributed by atoms with Crippen LogP contribution < -0.4 is 0 Å². The Labute approximate surface area is 166 Å². The minimum absolute atomic E-state index is 0. The van der Waals surface area contributed by atoms with Crippen LogP contribution in [-0.4, -0.2) is 7.63 Å². The van der Waals surface area contributed by atoms with Crippen molar-refractivity contribution in [2.75, 3.05) is 0 Å². The molecule has 3 aromatic rings. The van der Waals surface area contributed by atoms with E-state index in [1.165, 1.54) is 22.3 Å². The maximum Gasteiger partial charge on any atom is -0.0633 e. The molecule has 0 fully saturated rings. The minimum Gasteiger partial charge on any atom is -0.136 e. The normalized spacial score (nSPS) is 7.78. The largest absolute Gasteiger partial charge is 0.136 e. The topological polar surface area (TPSA) is 0 Å². The quantitative estimate of drug-likeness (QED) is 0.391. The van der Waals surface area contributed by atoms with Gasteiger partial charge < -0.3 is 14.9 Å². The Bertz CT molecular complexity index is 570. The van der Waals surface area contributed by atoms with Gasteiger partial charge in [-0.25, -0.2) is 0 Å². The van der Waals surface area contributed by atoms with Crippen LogP contribution in [0.5, 0.6) is 0 Å². The first-order valence-corrected chi connectivity index (χ1v) is 10.2. The number of hydrogen-bond donors (Lipinski definition) is 0. The maximum atomic E-state index is 2.18. The monoisotopic (exact) mass is 397 g/mol. The van der Waals surface area contributed by atoms with Gasteiger partial charge in [-0.1, -0.05) is 65.2 Å². The van der Waals surface area contributed by atoms with Crippen LogP contribution >= 0.6 is 24.8 Å². The van der Waals surface area contributed by atoms with Gasteiger partial charge in [0, 0.05) is 0 Å². The van der Waals surface area contributed by atoms with Crippen molar-refractivity contribution in [3.8, 4) is 22.3 Å². The van der Waals surface area contributed by atoms with Crippen molar-refractivity contribution in [2.45, 2.75) is 0 Å². The van der Waals surface area contributed by atoms with E-state index in [-0.39, 0.29) is 39.7 Å². The zero-order valence-corrected chi connectivity index (χ0v) is 18.1. The first kappa shape index (κ1) is 27.2. The molecule has 3 aromatic carbocycles. The molecule has 0 N–H and O–H groups in total. The van der Waals surface area contributed by atoms with Gasteiger partial charge in [-0.05, 0) is 0 Å². The van der Waals surface area contributed by atoms with Crippen molar-refractivity contribution in [1.82, 2.24) is 0 Å². The Balaban J connectivity index is -0.000000643. The Kier molecular flexibility index (Phi) is 17.6. The fourth-order valence-electron chi connectivity index (χ4n) is 2.16. The fraction of sp³-hybridized carbons (Fsp3) is 0. The summed E-state index contributed by atoms with van der Waals surface area (Å²) in [7, 11) is 1.86. The van der Waals surface area contributed by atoms with Gasteiger partial charge in [-0.15, -0.1) is 60.7 Å². The molecule has 3 rings (SSSR count). The number of benzene rings is 2. The standard InChI is InChI=1S/C17H13.2CH3.2ClH.H2Si.Ti/c1-3-8-14(9-4-1)16-12-7-13-17(16)15-10-5-2-6-11-15;;;;;;/h1-13H;2*1H3;2*1H;1H2;/q3*-1;;;;. The zero-order chi connectivity index (χ0) is 13.5. The third-order valence-corrected chi connectivity index (χ3v) is 2.99. The second kappa shape index (κ2) is 14.9. The molecule has 0 unspecified atom stereocenters. The summed E-state index contributed by atoms with van der Waals surface area (Å²) in [6, 6.07) is 27.5. The van der Waals surface area contributed by atoms with E-state index in [9.17, 15) is 0 Å². The van der Waals surface area contributed by atoms with E-state index in [1.807, 2.05) is 26.8 Å². The molecule has 0 saturated heterocycles. The van der Waals surface area contributed by atoms with Crippen LogP contribution in [0.1, 0.15) is 0 Å². The SMILES string of the molecule is Cl.Cl.[CH3-].[CH3-].[SiH2]=[Ti].c1ccc(-c2ccc[c-]2-c2ccccc2)cc1. The molecule has 0 aliphatic heterocycles. The molecule has 23 heavy (non-hydrogen) atoms. The van der Waals surface area contributed by atoms with Crippen LogP contribution in [0.2, 0.25) is 0 Å². The van der Waals surface area contributed by atoms with Gasteiger partial charge >= 0.3 is 26.8 Å². The van der Waals surface area contributed by atoms with Crippen molar-refractivity contribution in [2.24, 2.45) is 0 Å². The van der Waals surface area contributed by atoms with Crippen LogP contribution in [0.3, 0.4) is 0 Å². The van der Waals surface area contributed by atoms with E-state index in [0.29, 0.717) is 0 Å². The summed E-state index contributed by atoms with van der Waals surface area (Å²) in [6.07, 6.45) is 0. The molecule has 0 radical (unpaired) electrons.